The molecule has 2 fully saturated rings. The minimum atomic E-state index is -4.35. The Bertz CT molecular complexity index is 741. The van der Waals surface area contributed by atoms with Gasteiger partial charge in [-0.2, -0.15) is 13.2 Å². The molecule has 0 amide bonds. The molecule has 5 nitrogen and oxygen atoms in total. The van der Waals surface area contributed by atoms with Crippen LogP contribution in [0.4, 0.5) is 13.2 Å². The first-order valence-corrected chi connectivity index (χ1v) is 8.76. The SMILES string of the molecule is Cc1cc(C(=O)CN2C[C@@H]3CCC[C@@]3(C(=O)O)C2)c(C)n1CC(F)(F)F. The van der Waals surface area contributed by atoms with Gasteiger partial charge in [0.15, 0.2) is 5.78 Å². The molecule has 2 aliphatic rings. The number of rotatable bonds is 5. The summed E-state index contributed by atoms with van der Waals surface area (Å²) in [7, 11) is 0. The molecule has 1 aliphatic heterocycles. The number of ketones is 1. The number of Topliss-reactive ketones (excluding diaryl/α,β-unsaturated/α-hetero) is 1. The Labute approximate surface area is 149 Å². The molecule has 2 atom stereocenters. The maximum atomic E-state index is 12.7. The summed E-state index contributed by atoms with van der Waals surface area (Å²) in [6.45, 7) is 2.88. The lowest BCUT2D eigenvalue weighted by molar-refractivity contribution is -0.149. The van der Waals surface area contributed by atoms with Gasteiger partial charge in [0, 0.05) is 30.0 Å². The summed E-state index contributed by atoms with van der Waals surface area (Å²) in [5, 5.41) is 9.61. The van der Waals surface area contributed by atoms with E-state index in [-0.39, 0.29) is 23.8 Å². The molecule has 1 saturated heterocycles. The number of nitrogens with zero attached hydrogens (tertiary/aromatic N) is 2. The van der Waals surface area contributed by atoms with E-state index < -0.39 is 24.1 Å². The van der Waals surface area contributed by atoms with Crippen LogP contribution in [0.25, 0.3) is 0 Å². The number of halogens is 3. The van der Waals surface area contributed by atoms with Gasteiger partial charge in [0.25, 0.3) is 0 Å². The standard InChI is InChI=1S/C18H23F3N2O3/c1-11-6-14(12(2)23(11)10-18(19,20)21)15(24)8-22-7-13-4-3-5-17(13,9-22)16(25)26/h6,13H,3-5,7-10H2,1-2H3,(H,25,26)/t13-,17+/m0/s1. The van der Waals surface area contributed by atoms with Crippen molar-refractivity contribution >= 4 is 11.8 Å². The van der Waals surface area contributed by atoms with Gasteiger partial charge in [0.2, 0.25) is 0 Å². The molecule has 1 aromatic rings. The van der Waals surface area contributed by atoms with Gasteiger partial charge in [-0.05, 0) is 38.7 Å². The Morgan fingerprint density at radius 2 is 2.04 bits per heavy atom. The van der Waals surface area contributed by atoms with Gasteiger partial charge in [-0.3, -0.25) is 14.5 Å². The molecule has 1 saturated carbocycles. The number of aryl methyl sites for hydroxylation is 1. The lowest BCUT2D eigenvalue weighted by Crippen LogP contribution is -2.36. The largest absolute Gasteiger partial charge is 0.481 e. The summed E-state index contributed by atoms with van der Waals surface area (Å²) in [4.78, 5) is 26.2. The first-order valence-electron chi connectivity index (χ1n) is 8.76. The van der Waals surface area contributed by atoms with Crippen LogP contribution in [0.3, 0.4) is 0 Å². The Morgan fingerprint density at radius 1 is 1.35 bits per heavy atom. The number of alkyl halides is 3. The zero-order valence-electron chi connectivity index (χ0n) is 14.9. The molecule has 3 rings (SSSR count). The summed E-state index contributed by atoms with van der Waals surface area (Å²) >= 11 is 0. The normalized spacial score (nSPS) is 26.3. The third kappa shape index (κ3) is 3.26. The molecule has 0 bridgehead atoms. The second-order valence-electron chi connectivity index (χ2n) is 7.63. The van der Waals surface area contributed by atoms with Gasteiger partial charge in [-0.1, -0.05) is 6.42 Å². The van der Waals surface area contributed by atoms with Crippen LogP contribution in [-0.4, -0.2) is 52.1 Å². The highest BCUT2D eigenvalue weighted by Gasteiger charge is 2.54. The summed E-state index contributed by atoms with van der Waals surface area (Å²) in [6, 6.07) is 1.49. The monoisotopic (exact) mass is 372 g/mol. The number of hydrogen-bond acceptors (Lipinski definition) is 3. The van der Waals surface area contributed by atoms with E-state index in [4.69, 9.17) is 0 Å². The zero-order valence-corrected chi connectivity index (χ0v) is 14.9. The predicted octanol–water partition coefficient (Wildman–Crippen LogP) is 3.04. The molecule has 2 heterocycles. The Morgan fingerprint density at radius 3 is 2.62 bits per heavy atom. The lowest BCUT2D eigenvalue weighted by atomic mass is 9.81. The number of likely N-dealkylation sites (tertiary alicyclic amines) is 1. The minimum Gasteiger partial charge on any atom is -0.481 e. The molecule has 0 aromatic carbocycles. The van der Waals surface area contributed by atoms with Crippen LogP contribution in [0.5, 0.6) is 0 Å². The van der Waals surface area contributed by atoms with Gasteiger partial charge in [0.05, 0.1) is 12.0 Å². The van der Waals surface area contributed by atoms with E-state index in [9.17, 15) is 27.9 Å². The molecule has 1 aliphatic carbocycles. The van der Waals surface area contributed by atoms with Crippen molar-refractivity contribution in [3.05, 3.63) is 23.0 Å². The van der Waals surface area contributed by atoms with Crippen molar-refractivity contribution in [3.8, 4) is 0 Å². The number of hydrogen-bond donors (Lipinski definition) is 1. The minimum absolute atomic E-state index is 0.0435. The van der Waals surface area contributed by atoms with E-state index in [1.807, 2.05) is 4.90 Å². The van der Waals surface area contributed by atoms with E-state index in [1.54, 1.807) is 6.92 Å². The third-order valence-electron chi connectivity index (χ3n) is 5.95. The highest BCUT2D eigenvalue weighted by molar-refractivity contribution is 5.99. The highest BCUT2D eigenvalue weighted by Crippen LogP contribution is 2.48. The third-order valence-corrected chi connectivity index (χ3v) is 5.95. The van der Waals surface area contributed by atoms with E-state index >= 15 is 0 Å². The zero-order chi connectivity index (χ0) is 19.3. The molecule has 0 unspecified atom stereocenters. The van der Waals surface area contributed by atoms with Gasteiger partial charge < -0.3 is 9.67 Å². The number of aliphatic carboxylic acids is 1. The number of fused-ring (bicyclic) bond motifs is 1. The van der Waals surface area contributed by atoms with Crippen molar-refractivity contribution in [2.45, 2.75) is 45.8 Å². The molecule has 1 N–H and O–H groups in total. The van der Waals surface area contributed by atoms with Crippen LogP contribution in [0.2, 0.25) is 0 Å². The second kappa shape index (κ2) is 6.40. The van der Waals surface area contributed by atoms with Crippen LogP contribution in [0, 0.1) is 25.2 Å². The van der Waals surface area contributed by atoms with Gasteiger partial charge in [-0.15, -0.1) is 0 Å². The summed E-state index contributed by atoms with van der Waals surface area (Å²) in [5.41, 5.74) is 0.210. The molecule has 0 spiro atoms. The smallest absolute Gasteiger partial charge is 0.406 e. The summed E-state index contributed by atoms with van der Waals surface area (Å²) in [5.74, 6) is -1.02. The second-order valence-corrected chi connectivity index (χ2v) is 7.63. The van der Waals surface area contributed by atoms with Crippen molar-refractivity contribution in [3.63, 3.8) is 0 Å². The van der Waals surface area contributed by atoms with Crippen LogP contribution in [0.15, 0.2) is 6.07 Å². The molecular formula is C18H23F3N2O3. The molecule has 26 heavy (non-hydrogen) atoms. The van der Waals surface area contributed by atoms with Crippen molar-refractivity contribution < 1.29 is 27.9 Å². The lowest BCUT2D eigenvalue weighted by Gasteiger charge is -2.23. The first-order chi connectivity index (χ1) is 12.0. The van der Waals surface area contributed by atoms with Crippen molar-refractivity contribution in [1.82, 2.24) is 9.47 Å². The van der Waals surface area contributed by atoms with E-state index in [2.05, 4.69) is 0 Å². The first kappa shape index (κ1) is 18.9. The molecule has 0 radical (unpaired) electrons. The number of carbonyl (C=O) groups excluding carboxylic acids is 1. The fraction of sp³-hybridized carbons (Fsp3) is 0.667. The molecule has 8 heteroatoms. The highest BCUT2D eigenvalue weighted by atomic mass is 19.4. The summed E-state index contributed by atoms with van der Waals surface area (Å²) in [6.07, 6.45) is -2.00. The van der Waals surface area contributed by atoms with E-state index in [1.165, 1.54) is 13.0 Å². The molecular weight excluding hydrogens is 349 g/mol. The van der Waals surface area contributed by atoms with Gasteiger partial charge in [-0.25, -0.2) is 0 Å². The average molecular weight is 372 g/mol. The number of aromatic nitrogens is 1. The fourth-order valence-electron chi connectivity index (χ4n) is 4.66. The maximum Gasteiger partial charge on any atom is 0.406 e. The van der Waals surface area contributed by atoms with Crippen LogP contribution < -0.4 is 0 Å². The van der Waals surface area contributed by atoms with Crippen molar-refractivity contribution in [2.24, 2.45) is 11.3 Å². The van der Waals surface area contributed by atoms with Crippen molar-refractivity contribution in [2.75, 3.05) is 19.6 Å². The van der Waals surface area contributed by atoms with Gasteiger partial charge in [0.1, 0.15) is 6.54 Å². The Kier molecular flexibility index (Phi) is 4.67. The predicted molar refractivity (Wildman–Crippen MR) is 88.1 cm³/mol. The fourth-order valence-corrected chi connectivity index (χ4v) is 4.66. The number of carboxylic acid groups (broad SMARTS) is 1. The van der Waals surface area contributed by atoms with Crippen LogP contribution in [0.1, 0.15) is 41.0 Å². The molecule has 144 valence electrons. The Balaban J connectivity index is 1.74. The van der Waals surface area contributed by atoms with E-state index in [0.717, 1.165) is 17.4 Å². The average Bonchev–Trinajstić information content (AvgIpc) is 3.13. The molecule has 1 aromatic heterocycles. The number of carbonyl (C=O) groups is 2. The summed E-state index contributed by atoms with van der Waals surface area (Å²) < 4.78 is 39.3. The number of carboxylic acids is 1. The van der Waals surface area contributed by atoms with Crippen LogP contribution >= 0.6 is 0 Å². The maximum absolute atomic E-state index is 12.7. The van der Waals surface area contributed by atoms with E-state index in [0.29, 0.717) is 30.9 Å². The quantitative estimate of drug-likeness (QED) is 0.807. The Hall–Kier alpha value is -1.83. The van der Waals surface area contributed by atoms with Crippen molar-refractivity contribution in [1.29, 1.82) is 0 Å². The van der Waals surface area contributed by atoms with Gasteiger partial charge >= 0.3 is 12.1 Å². The topological polar surface area (TPSA) is 62.5 Å². The van der Waals surface area contributed by atoms with Crippen LogP contribution in [-0.2, 0) is 11.3 Å².